The summed E-state index contributed by atoms with van der Waals surface area (Å²) >= 11 is 0. The van der Waals surface area contributed by atoms with Gasteiger partial charge in [-0.1, -0.05) is 153 Å². The second-order valence-corrected chi connectivity index (χ2v) is 12.8. The van der Waals surface area contributed by atoms with Gasteiger partial charge in [-0.05, 0) is 53.7 Å². The Hall–Kier alpha value is -4.58. The van der Waals surface area contributed by atoms with Crippen LogP contribution < -0.4 is 15.9 Å². The molecule has 0 saturated heterocycles. The second-order valence-electron chi connectivity index (χ2n) is 10.6. The molecule has 0 amide bonds. The van der Waals surface area contributed by atoms with E-state index in [9.17, 15) is 0 Å². The van der Waals surface area contributed by atoms with Gasteiger partial charge in [0.1, 0.15) is 0 Å². The molecule has 1 nitrogen and oxygen atoms in total. The van der Waals surface area contributed by atoms with E-state index in [-0.39, 0.29) is 0 Å². The normalized spacial score (nSPS) is 11.8. The standard InChI is InChI=1S/C40H32NP/c1-3-13-34-28(4-2)22-26-36-38(37-27-23-29-14-11-12-19-35(29)40(37)41-39(34)36)30-20-24-33(25-21-30)42(31-15-7-5-8-16-31)32-17-9-6-10-18-32/h3,5-27H,4H2,1-2H3/b13-3-. The van der Waals surface area contributed by atoms with Gasteiger partial charge in [-0.3, -0.25) is 0 Å². The van der Waals surface area contributed by atoms with Gasteiger partial charge < -0.3 is 0 Å². The van der Waals surface area contributed by atoms with Crippen LogP contribution in [0.5, 0.6) is 0 Å². The lowest BCUT2D eigenvalue weighted by Crippen LogP contribution is -2.20. The van der Waals surface area contributed by atoms with Crippen LogP contribution in [0.3, 0.4) is 0 Å². The number of hydrogen-bond acceptors (Lipinski definition) is 1. The molecular formula is C40H32NP. The van der Waals surface area contributed by atoms with Gasteiger partial charge in [-0.15, -0.1) is 0 Å². The van der Waals surface area contributed by atoms with Crippen LogP contribution in [0, 0.1) is 0 Å². The monoisotopic (exact) mass is 557 g/mol. The average molecular weight is 558 g/mol. The third kappa shape index (κ3) is 4.61. The number of nitrogens with zero attached hydrogens (tertiary/aromatic N) is 1. The average Bonchev–Trinajstić information content (AvgIpc) is 3.05. The lowest BCUT2D eigenvalue weighted by Gasteiger charge is -2.20. The van der Waals surface area contributed by atoms with Crippen molar-refractivity contribution in [2.45, 2.75) is 20.3 Å². The van der Waals surface area contributed by atoms with Gasteiger partial charge in [0.15, 0.2) is 0 Å². The first-order chi connectivity index (χ1) is 20.8. The minimum absolute atomic E-state index is 0.658. The van der Waals surface area contributed by atoms with Crippen molar-refractivity contribution >= 4 is 62.5 Å². The smallest absolute Gasteiger partial charge is 0.0794 e. The van der Waals surface area contributed by atoms with Gasteiger partial charge >= 0.3 is 0 Å². The van der Waals surface area contributed by atoms with Crippen LogP contribution in [-0.2, 0) is 6.42 Å². The van der Waals surface area contributed by atoms with E-state index in [0.717, 1.165) is 17.5 Å². The van der Waals surface area contributed by atoms with E-state index in [1.54, 1.807) is 0 Å². The summed E-state index contributed by atoms with van der Waals surface area (Å²) in [5.41, 5.74) is 7.16. The third-order valence-electron chi connectivity index (χ3n) is 8.13. The Kier molecular flexibility index (Phi) is 7.12. The largest absolute Gasteiger partial charge is 0.246 e. The first-order valence-electron chi connectivity index (χ1n) is 14.7. The number of hydrogen-bond donors (Lipinski definition) is 0. The summed E-state index contributed by atoms with van der Waals surface area (Å²) in [6, 6.07) is 48.8. The van der Waals surface area contributed by atoms with Crippen LogP contribution in [0.4, 0.5) is 0 Å². The van der Waals surface area contributed by atoms with E-state index in [4.69, 9.17) is 4.98 Å². The summed E-state index contributed by atoms with van der Waals surface area (Å²) in [5, 5.41) is 8.87. The van der Waals surface area contributed by atoms with Crippen LogP contribution >= 0.6 is 7.92 Å². The van der Waals surface area contributed by atoms with Gasteiger partial charge in [0.05, 0.1) is 11.0 Å². The Bertz CT molecular complexity index is 2020. The maximum atomic E-state index is 5.40. The molecule has 1 aromatic heterocycles. The zero-order valence-corrected chi connectivity index (χ0v) is 24.9. The molecule has 0 unspecified atom stereocenters. The number of benzene rings is 6. The maximum Gasteiger partial charge on any atom is 0.0794 e. The van der Waals surface area contributed by atoms with E-state index >= 15 is 0 Å². The van der Waals surface area contributed by atoms with E-state index in [1.165, 1.54) is 59.7 Å². The molecule has 0 bridgehead atoms. The van der Waals surface area contributed by atoms with Gasteiger partial charge in [0.2, 0.25) is 0 Å². The molecule has 7 rings (SSSR count). The lowest BCUT2D eigenvalue weighted by molar-refractivity contribution is 1.14. The van der Waals surface area contributed by atoms with E-state index in [0.29, 0.717) is 0 Å². The molecule has 0 aliphatic rings. The molecule has 42 heavy (non-hydrogen) atoms. The summed E-state index contributed by atoms with van der Waals surface area (Å²) < 4.78 is 0. The maximum absolute atomic E-state index is 5.40. The fourth-order valence-corrected chi connectivity index (χ4v) is 8.44. The zero-order chi connectivity index (χ0) is 28.5. The number of fused-ring (bicyclic) bond motifs is 4. The van der Waals surface area contributed by atoms with Crippen molar-refractivity contribution in [3.8, 4) is 11.1 Å². The van der Waals surface area contributed by atoms with Crippen molar-refractivity contribution in [3.05, 3.63) is 151 Å². The Morgan fingerprint density at radius 2 is 1.17 bits per heavy atom. The molecule has 0 fully saturated rings. The second kappa shape index (κ2) is 11.4. The van der Waals surface area contributed by atoms with Crippen molar-refractivity contribution in [2.24, 2.45) is 0 Å². The Morgan fingerprint density at radius 3 is 1.83 bits per heavy atom. The van der Waals surface area contributed by atoms with Crippen LogP contribution in [0.2, 0.25) is 0 Å². The van der Waals surface area contributed by atoms with Crippen molar-refractivity contribution < 1.29 is 0 Å². The fraction of sp³-hybridized carbons (Fsp3) is 0.0750. The van der Waals surface area contributed by atoms with E-state index < -0.39 is 7.92 Å². The molecule has 0 aliphatic heterocycles. The number of pyridine rings is 1. The molecule has 0 radical (unpaired) electrons. The molecule has 0 saturated carbocycles. The molecule has 0 spiro atoms. The zero-order valence-electron chi connectivity index (χ0n) is 24.0. The van der Waals surface area contributed by atoms with E-state index in [1.807, 2.05) is 0 Å². The summed E-state index contributed by atoms with van der Waals surface area (Å²) in [4.78, 5) is 5.40. The first kappa shape index (κ1) is 26.3. The van der Waals surface area contributed by atoms with Crippen LogP contribution in [0.25, 0.3) is 49.8 Å². The quantitative estimate of drug-likeness (QED) is 0.113. The summed E-state index contributed by atoms with van der Waals surface area (Å²) in [7, 11) is -0.658. The molecule has 1 heterocycles. The van der Waals surface area contributed by atoms with Crippen molar-refractivity contribution in [1.82, 2.24) is 4.98 Å². The number of aromatic nitrogens is 1. The predicted octanol–water partition coefficient (Wildman–Crippen LogP) is 9.56. The van der Waals surface area contributed by atoms with Crippen molar-refractivity contribution in [1.29, 1.82) is 0 Å². The summed E-state index contributed by atoms with van der Waals surface area (Å²) in [6.45, 7) is 4.31. The van der Waals surface area contributed by atoms with Gasteiger partial charge in [-0.2, -0.15) is 0 Å². The fourth-order valence-electron chi connectivity index (χ4n) is 6.16. The molecule has 0 aliphatic carbocycles. The van der Waals surface area contributed by atoms with Crippen molar-refractivity contribution in [2.75, 3.05) is 0 Å². The summed E-state index contributed by atoms with van der Waals surface area (Å²) in [6.07, 6.45) is 5.33. The number of allylic oxidation sites excluding steroid dienone is 1. The highest BCUT2D eigenvalue weighted by Gasteiger charge is 2.19. The van der Waals surface area contributed by atoms with Crippen LogP contribution in [0.15, 0.2) is 140 Å². The number of aryl methyl sites for hydroxylation is 1. The lowest BCUT2D eigenvalue weighted by atomic mass is 9.91. The summed E-state index contributed by atoms with van der Waals surface area (Å²) in [5.74, 6) is 0. The SMILES string of the molecule is C/C=C\c1c(CC)ccc2c(-c3ccc(P(c4ccccc4)c4ccccc4)cc3)c3ccc4ccccc4c3nc12. The Morgan fingerprint density at radius 1 is 0.571 bits per heavy atom. The minimum Gasteiger partial charge on any atom is -0.246 e. The van der Waals surface area contributed by atoms with E-state index in [2.05, 4.69) is 159 Å². The molecule has 202 valence electrons. The highest BCUT2D eigenvalue weighted by atomic mass is 31.1. The van der Waals surface area contributed by atoms with Gasteiger partial charge in [0.25, 0.3) is 0 Å². The molecular weight excluding hydrogens is 525 g/mol. The highest BCUT2D eigenvalue weighted by molar-refractivity contribution is 7.79. The first-order valence-corrected chi connectivity index (χ1v) is 16.0. The van der Waals surface area contributed by atoms with Gasteiger partial charge in [0, 0.05) is 27.3 Å². The topological polar surface area (TPSA) is 12.9 Å². The Balaban J connectivity index is 1.49. The predicted molar refractivity (Wildman–Crippen MR) is 185 cm³/mol. The van der Waals surface area contributed by atoms with Gasteiger partial charge in [-0.25, -0.2) is 4.98 Å². The van der Waals surface area contributed by atoms with Crippen LogP contribution in [0.1, 0.15) is 25.0 Å². The Labute approximate surface area is 249 Å². The van der Waals surface area contributed by atoms with Crippen molar-refractivity contribution in [3.63, 3.8) is 0 Å². The minimum atomic E-state index is -0.658. The number of rotatable bonds is 6. The molecule has 2 heteroatoms. The molecule has 0 N–H and O–H groups in total. The molecule has 7 aromatic rings. The molecule has 0 atom stereocenters. The highest BCUT2D eigenvalue weighted by Crippen LogP contribution is 2.40. The van der Waals surface area contributed by atoms with Crippen LogP contribution in [-0.4, -0.2) is 4.98 Å². The third-order valence-corrected chi connectivity index (χ3v) is 10.6. The molecule has 6 aromatic carbocycles.